The molecule has 1 heterocycles. The Hall–Kier alpha value is -3.15. The first-order valence-corrected chi connectivity index (χ1v) is 9.76. The zero-order chi connectivity index (χ0) is 21.0. The molecule has 0 saturated heterocycles. The smallest absolute Gasteiger partial charge is 0.263 e. The van der Waals surface area contributed by atoms with Gasteiger partial charge in [0.2, 0.25) is 11.7 Å². The molecule has 0 N–H and O–H groups in total. The van der Waals surface area contributed by atoms with Gasteiger partial charge < -0.3 is 14.2 Å². The molecular formula is C23H27N3O3. The second kappa shape index (κ2) is 8.90. The van der Waals surface area contributed by atoms with Crippen molar-refractivity contribution in [1.29, 1.82) is 0 Å². The summed E-state index contributed by atoms with van der Waals surface area (Å²) in [5.74, 6) is 1.47. The molecule has 0 fully saturated rings. The number of nitrogens with zero attached hydrogens (tertiary/aromatic N) is 3. The van der Waals surface area contributed by atoms with Crippen LogP contribution >= 0.6 is 0 Å². The monoisotopic (exact) mass is 393 g/mol. The molecule has 0 aliphatic carbocycles. The maximum Gasteiger partial charge on any atom is 0.263 e. The van der Waals surface area contributed by atoms with Gasteiger partial charge in [-0.2, -0.15) is 4.98 Å². The molecule has 0 bridgehead atoms. The highest BCUT2D eigenvalue weighted by molar-refractivity contribution is 5.81. The van der Waals surface area contributed by atoms with E-state index < -0.39 is 6.10 Å². The third kappa shape index (κ3) is 5.02. The highest BCUT2D eigenvalue weighted by Gasteiger charge is 2.24. The molecule has 1 atom stereocenters. The van der Waals surface area contributed by atoms with Crippen molar-refractivity contribution < 1.29 is 14.1 Å². The molecule has 6 heteroatoms. The fraction of sp³-hybridized carbons (Fsp3) is 0.348. The van der Waals surface area contributed by atoms with Gasteiger partial charge in [0.1, 0.15) is 5.75 Å². The number of carbonyl (C=O) groups excluding carboxylic acids is 1. The van der Waals surface area contributed by atoms with E-state index in [1.54, 1.807) is 11.9 Å². The fourth-order valence-corrected chi connectivity index (χ4v) is 2.93. The summed E-state index contributed by atoms with van der Waals surface area (Å²) in [5.41, 5.74) is 4.36. The summed E-state index contributed by atoms with van der Waals surface area (Å²) in [4.78, 5) is 18.8. The Kier molecular flexibility index (Phi) is 6.32. The van der Waals surface area contributed by atoms with Gasteiger partial charge in [-0.3, -0.25) is 4.79 Å². The lowest BCUT2D eigenvalue weighted by Gasteiger charge is -2.23. The number of likely N-dealkylation sites (N-methyl/N-ethyl adjacent to an activating group) is 1. The van der Waals surface area contributed by atoms with E-state index in [-0.39, 0.29) is 12.5 Å². The van der Waals surface area contributed by atoms with E-state index in [1.165, 1.54) is 5.56 Å². The molecule has 3 rings (SSSR count). The van der Waals surface area contributed by atoms with Gasteiger partial charge in [-0.05, 0) is 50.5 Å². The third-order valence-electron chi connectivity index (χ3n) is 4.93. The van der Waals surface area contributed by atoms with Crippen molar-refractivity contribution in [3.05, 3.63) is 65.0 Å². The topological polar surface area (TPSA) is 68.5 Å². The SMILES string of the molecule is CC[C@H](Oc1ccc(C)c(C)c1)C(=O)N(C)Cc1nc(-c2ccc(C)cc2)no1. The van der Waals surface area contributed by atoms with E-state index in [0.717, 1.165) is 16.7 Å². The Morgan fingerprint density at radius 1 is 1.10 bits per heavy atom. The summed E-state index contributed by atoms with van der Waals surface area (Å²) >= 11 is 0. The molecule has 152 valence electrons. The molecule has 0 unspecified atom stereocenters. The average Bonchev–Trinajstić information content (AvgIpc) is 3.17. The number of rotatable bonds is 7. The van der Waals surface area contributed by atoms with Crippen LogP contribution in [0.1, 0.15) is 35.9 Å². The van der Waals surface area contributed by atoms with E-state index in [1.807, 2.05) is 70.2 Å². The largest absolute Gasteiger partial charge is 0.481 e. The minimum atomic E-state index is -0.568. The molecule has 6 nitrogen and oxygen atoms in total. The molecule has 0 spiro atoms. The third-order valence-corrected chi connectivity index (χ3v) is 4.93. The van der Waals surface area contributed by atoms with E-state index in [2.05, 4.69) is 10.1 Å². The first-order valence-electron chi connectivity index (χ1n) is 9.76. The standard InChI is InChI=1S/C23H27N3O3/c1-6-20(28-19-12-9-16(3)17(4)13-19)23(27)26(5)14-21-24-22(25-29-21)18-10-7-15(2)8-11-18/h7-13,20H,6,14H2,1-5H3/t20-/m0/s1. The Bertz CT molecular complexity index is 979. The van der Waals surface area contributed by atoms with E-state index in [4.69, 9.17) is 9.26 Å². The Morgan fingerprint density at radius 3 is 2.48 bits per heavy atom. The van der Waals surface area contributed by atoms with Crippen LogP contribution in [0.5, 0.6) is 5.75 Å². The maximum absolute atomic E-state index is 12.9. The zero-order valence-electron chi connectivity index (χ0n) is 17.6. The van der Waals surface area contributed by atoms with Crippen LogP contribution < -0.4 is 4.74 Å². The first kappa shape index (κ1) is 20.6. The van der Waals surface area contributed by atoms with Gasteiger partial charge >= 0.3 is 0 Å². The second-order valence-electron chi connectivity index (χ2n) is 7.33. The van der Waals surface area contributed by atoms with E-state index >= 15 is 0 Å². The maximum atomic E-state index is 12.9. The van der Waals surface area contributed by atoms with Crippen molar-refractivity contribution in [3.8, 4) is 17.1 Å². The minimum absolute atomic E-state index is 0.124. The van der Waals surface area contributed by atoms with Crippen molar-refractivity contribution in [2.45, 2.75) is 46.8 Å². The fourth-order valence-electron chi connectivity index (χ4n) is 2.93. The quantitative estimate of drug-likeness (QED) is 0.592. The van der Waals surface area contributed by atoms with E-state index in [9.17, 15) is 4.79 Å². The van der Waals surface area contributed by atoms with E-state index in [0.29, 0.717) is 23.9 Å². The van der Waals surface area contributed by atoms with Gasteiger partial charge in [-0.15, -0.1) is 0 Å². The van der Waals surface area contributed by atoms with Crippen molar-refractivity contribution >= 4 is 5.91 Å². The molecule has 2 aromatic carbocycles. The lowest BCUT2D eigenvalue weighted by atomic mass is 10.1. The Morgan fingerprint density at radius 2 is 1.83 bits per heavy atom. The summed E-state index contributed by atoms with van der Waals surface area (Å²) in [5, 5.41) is 4.02. The molecule has 0 radical (unpaired) electrons. The lowest BCUT2D eigenvalue weighted by Crippen LogP contribution is -2.39. The summed E-state index contributed by atoms with van der Waals surface area (Å²) < 4.78 is 11.3. The van der Waals surface area contributed by atoms with Crippen LogP contribution in [0.15, 0.2) is 47.0 Å². The molecular weight excluding hydrogens is 366 g/mol. The number of hydrogen-bond donors (Lipinski definition) is 0. The molecule has 0 aliphatic heterocycles. The summed E-state index contributed by atoms with van der Waals surface area (Å²) in [6, 6.07) is 13.7. The van der Waals surface area contributed by atoms with Crippen molar-refractivity contribution in [3.63, 3.8) is 0 Å². The lowest BCUT2D eigenvalue weighted by molar-refractivity contribution is -0.138. The average molecular weight is 393 g/mol. The van der Waals surface area contributed by atoms with Gasteiger partial charge in [0.25, 0.3) is 5.91 Å². The number of benzene rings is 2. The molecule has 3 aromatic rings. The number of amides is 1. The number of aromatic nitrogens is 2. The van der Waals surface area contributed by atoms with Gasteiger partial charge in [0.15, 0.2) is 6.10 Å². The van der Waals surface area contributed by atoms with Crippen molar-refractivity contribution in [2.75, 3.05) is 7.05 Å². The van der Waals surface area contributed by atoms with Gasteiger partial charge in [0, 0.05) is 12.6 Å². The Balaban J connectivity index is 1.65. The van der Waals surface area contributed by atoms with Crippen molar-refractivity contribution in [1.82, 2.24) is 15.0 Å². The molecule has 0 saturated carbocycles. The van der Waals surface area contributed by atoms with Crippen LogP contribution in [-0.2, 0) is 11.3 Å². The van der Waals surface area contributed by atoms with Crippen LogP contribution in [0.25, 0.3) is 11.4 Å². The number of hydrogen-bond acceptors (Lipinski definition) is 5. The summed E-state index contributed by atoms with van der Waals surface area (Å²) in [6.07, 6.45) is -0.00393. The second-order valence-corrected chi connectivity index (χ2v) is 7.33. The highest BCUT2D eigenvalue weighted by atomic mass is 16.5. The number of aryl methyl sites for hydroxylation is 3. The predicted molar refractivity (Wildman–Crippen MR) is 112 cm³/mol. The molecule has 29 heavy (non-hydrogen) atoms. The van der Waals surface area contributed by atoms with Crippen molar-refractivity contribution in [2.24, 2.45) is 0 Å². The summed E-state index contributed by atoms with van der Waals surface area (Å²) in [6.45, 7) is 8.25. The van der Waals surface area contributed by atoms with Crippen LogP contribution in [0.2, 0.25) is 0 Å². The number of carbonyl (C=O) groups is 1. The van der Waals surface area contributed by atoms with Crippen LogP contribution in [0, 0.1) is 20.8 Å². The molecule has 0 aliphatic rings. The zero-order valence-corrected chi connectivity index (χ0v) is 17.6. The molecule has 1 amide bonds. The van der Waals surface area contributed by atoms with Crippen LogP contribution in [0.3, 0.4) is 0 Å². The minimum Gasteiger partial charge on any atom is -0.481 e. The predicted octanol–water partition coefficient (Wildman–Crippen LogP) is 4.48. The van der Waals surface area contributed by atoms with Crippen LogP contribution in [-0.4, -0.2) is 34.1 Å². The molecule has 1 aromatic heterocycles. The van der Waals surface area contributed by atoms with Gasteiger partial charge in [0.05, 0.1) is 6.54 Å². The number of ether oxygens (including phenoxy) is 1. The highest BCUT2D eigenvalue weighted by Crippen LogP contribution is 2.20. The first-order chi connectivity index (χ1) is 13.9. The summed E-state index contributed by atoms with van der Waals surface area (Å²) in [7, 11) is 1.71. The van der Waals surface area contributed by atoms with Gasteiger partial charge in [-0.1, -0.05) is 48.0 Å². The Labute approximate surface area is 171 Å². The van der Waals surface area contributed by atoms with Gasteiger partial charge in [-0.25, -0.2) is 0 Å². The van der Waals surface area contributed by atoms with Crippen LogP contribution in [0.4, 0.5) is 0 Å². The normalized spacial score (nSPS) is 11.9.